The van der Waals surface area contributed by atoms with Crippen molar-refractivity contribution in [3.05, 3.63) is 54.6 Å². The van der Waals surface area contributed by atoms with Crippen molar-refractivity contribution in [2.45, 2.75) is 0 Å². The normalized spacial score (nSPS) is 10.3. The minimum atomic E-state index is -0.248. The molecule has 0 unspecified atom stereocenters. The molecule has 0 atom stereocenters. The lowest BCUT2D eigenvalue weighted by atomic mass is 10.1. The van der Waals surface area contributed by atoms with Gasteiger partial charge in [0.05, 0.1) is 21.3 Å². The van der Waals surface area contributed by atoms with E-state index in [4.69, 9.17) is 14.2 Å². The van der Waals surface area contributed by atoms with Crippen LogP contribution in [0.25, 0.3) is 5.82 Å². The highest BCUT2D eigenvalue weighted by molar-refractivity contribution is 5.95. The molecule has 152 valence electrons. The minimum absolute atomic E-state index is 0.248. The van der Waals surface area contributed by atoms with Gasteiger partial charge in [-0.15, -0.1) is 0 Å². The fraction of sp³-hybridized carbons (Fsp3) is 0.250. The lowest BCUT2D eigenvalue weighted by Gasteiger charge is -2.14. The third-order valence-electron chi connectivity index (χ3n) is 4.17. The van der Waals surface area contributed by atoms with Gasteiger partial charge in [0.2, 0.25) is 5.75 Å². The number of nitrogens with one attached hydrogen (secondary N) is 2. The van der Waals surface area contributed by atoms with Crippen LogP contribution in [0.5, 0.6) is 17.2 Å². The molecule has 0 saturated heterocycles. The first-order chi connectivity index (χ1) is 14.2. The summed E-state index contributed by atoms with van der Waals surface area (Å²) in [6, 6.07) is 8.90. The van der Waals surface area contributed by atoms with Crippen LogP contribution in [0, 0.1) is 0 Å². The lowest BCUT2D eigenvalue weighted by Crippen LogP contribution is -2.29. The average Bonchev–Trinajstić information content (AvgIpc) is 3.30. The van der Waals surface area contributed by atoms with Gasteiger partial charge in [-0.05, 0) is 24.3 Å². The summed E-state index contributed by atoms with van der Waals surface area (Å²) in [5, 5.41) is 6.02. The van der Waals surface area contributed by atoms with E-state index in [9.17, 15) is 4.79 Å². The number of anilines is 1. The van der Waals surface area contributed by atoms with Crippen molar-refractivity contribution in [1.29, 1.82) is 0 Å². The van der Waals surface area contributed by atoms with E-state index in [1.807, 2.05) is 35.2 Å². The second kappa shape index (κ2) is 9.45. The number of ether oxygens (including phenoxy) is 3. The number of amides is 1. The van der Waals surface area contributed by atoms with Crippen molar-refractivity contribution < 1.29 is 19.0 Å². The summed E-state index contributed by atoms with van der Waals surface area (Å²) in [5.74, 6) is 2.47. The molecule has 29 heavy (non-hydrogen) atoms. The standard InChI is InChI=1S/C20H23N5O4/c1-27-15-10-14(11-16(28-2)19(15)29-3)20(26)22-7-6-21-17-12-18(24-13-23-17)25-8-4-5-9-25/h4-5,8-13H,6-7H2,1-3H3,(H,22,26)(H,21,23,24). The van der Waals surface area contributed by atoms with E-state index in [2.05, 4.69) is 20.6 Å². The van der Waals surface area contributed by atoms with Crippen molar-refractivity contribution in [2.24, 2.45) is 0 Å². The smallest absolute Gasteiger partial charge is 0.251 e. The molecule has 2 heterocycles. The first kappa shape index (κ1) is 20.0. The van der Waals surface area contributed by atoms with E-state index in [1.54, 1.807) is 12.1 Å². The number of carbonyl (C=O) groups excluding carboxylic acids is 1. The first-order valence-corrected chi connectivity index (χ1v) is 8.93. The Hall–Kier alpha value is -3.75. The Labute approximate surface area is 168 Å². The molecule has 0 aliphatic rings. The average molecular weight is 397 g/mol. The van der Waals surface area contributed by atoms with Gasteiger partial charge in [-0.1, -0.05) is 0 Å². The van der Waals surface area contributed by atoms with E-state index in [0.29, 0.717) is 41.7 Å². The van der Waals surface area contributed by atoms with Crippen molar-refractivity contribution >= 4 is 11.7 Å². The molecule has 0 aliphatic carbocycles. The third-order valence-corrected chi connectivity index (χ3v) is 4.17. The number of benzene rings is 1. The molecule has 0 bridgehead atoms. The highest BCUT2D eigenvalue weighted by Gasteiger charge is 2.16. The summed E-state index contributed by atoms with van der Waals surface area (Å²) in [4.78, 5) is 20.9. The summed E-state index contributed by atoms with van der Waals surface area (Å²) in [7, 11) is 4.53. The molecule has 2 aromatic heterocycles. The molecule has 9 nitrogen and oxygen atoms in total. The van der Waals surface area contributed by atoms with Crippen LogP contribution in [0.15, 0.2) is 49.1 Å². The predicted octanol–water partition coefficient (Wildman–Crippen LogP) is 2.13. The maximum absolute atomic E-state index is 12.5. The van der Waals surface area contributed by atoms with Gasteiger partial charge in [-0.25, -0.2) is 9.97 Å². The second-order valence-electron chi connectivity index (χ2n) is 5.95. The maximum atomic E-state index is 12.5. The molecule has 9 heteroatoms. The number of nitrogens with zero attached hydrogens (tertiary/aromatic N) is 3. The molecule has 3 aromatic rings. The van der Waals surface area contributed by atoms with Crippen LogP contribution in [0.4, 0.5) is 5.82 Å². The first-order valence-electron chi connectivity index (χ1n) is 8.93. The molecule has 2 N–H and O–H groups in total. The van der Waals surface area contributed by atoms with E-state index < -0.39 is 0 Å². The quantitative estimate of drug-likeness (QED) is 0.534. The fourth-order valence-electron chi connectivity index (χ4n) is 2.75. The van der Waals surface area contributed by atoms with Crippen LogP contribution in [0.2, 0.25) is 0 Å². The fourth-order valence-corrected chi connectivity index (χ4v) is 2.75. The Morgan fingerprint density at radius 1 is 0.966 bits per heavy atom. The van der Waals surface area contributed by atoms with Gasteiger partial charge < -0.3 is 29.4 Å². The zero-order valence-corrected chi connectivity index (χ0v) is 16.5. The van der Waals surface area contributed by atoms with Gasteiger partial charge in [0.25, 0.3) is 5.91 Å². The molecule has 0 saturated carbocycles. The zero-order valence-electron chi connectivity index (χ0n) is 16.5. The van der Waals surface area contributed by atoms with E-state index in [-0.39, 0.29) is 5.91 Å². The Bertz CT molecular complexity index is 934. The molecule has 0 spiro atoms. The van der Waals surface area contributed by atoms with Crippen molar-refractivity contribution in [1.82, 2.24) is 19.9 Å². The maximum Gasteiger partial charge on any atom is 0.251 e. The summed E-state index contributed by atoms with van der Waals surface area (Å²) >= 11 is 0. The molecule has 0 aliphatic heterocycles. The Balaban J connectivity index is 1.57. The summed E-state index contributed by atoms with van der Waals surface area (Å²) in [5.41, 5.74) is 0.413. The van der Waals surface area contributed by atoms with Gasteiger partial charge >= 0.3 is 0 Å². The highest BCUT2D eigenvalue weighted by Crippen LogP contribution is 2.38. The van der Waals surface area contributed by atoms with Crippen molar-refractivity contribution in [2.75, 3.05) is 39.7 Å². The summed E-state index contributed by atoms with van der Waals surface area (Å²) in [6.07, 6.45) is 5.31. The summed E-state index contributed by atoms with van der Waals surface area (Å²) < 4.78 is 17.7. The number of hydrogen-bond donors (Lipinski definition) is 2. The number of methoxy groups -OCH3 is 3. The number of aromatic nitrogens is 3. The van der Waals surface area contributed by atoms with Crippen LogP contribution in [0.1, 0.15) is 10.4 Å². The number of hydrogen-bond acceptors (Lipinski definition) is 7. The predicted molar refractivity (Wildman–Crippen MR) is 108 cm³/mol. The van der Waals surface area contributed by atoms with E-state index in [1.165, 1.54) is 27.7 Å². The third kappa shape index (κ3) is 4.75. The Morgan fingerprint density at radius 3 is 2.28 bits per heavy atom. The largest absolute Gasteiger partial charge is 0.493 e. The molecular formula is C20H23N5O4. The van der Waals surface area contributed by atoms with Gasteiger partial charge in [-0.2, -0.15) is 0 Å². The van der Waals surface area contributed by atoms with E-state index >= 15 is 0 Å². The Morgan fingerprint density at radius 2 is 1.66 bits per heavy atom. The van der Waals surface area contributed by atoms with Gasteiger partial charge in [-0.3, -0.25) is 4.79 Å². The Kier molecular flexibility index (Phi) is 6.51. The monoisotopic (exact) mass is 397 g/mol. The SMILES string of the molecule is COc1cc(C(=O)NCCNc2cc(-n3cccc3)ncn2)cc(OC)c1OC. The lowest BCUT2D eigenvalue weighted by molar-refractivity contribution is 0.0954. The molecule has 0 fully saturated rings. The molecule has 1 amide bonds. The van der Waals surface area contributed by atoms with Gasteiger partial charge in [0, 0.05) is 37.1 Å². The van der Waals surface area contributed by atoms with Gasteiger partial charge in [0.15, 0.2) is 11.5 Å². The van der Waals surface area contributed by atoms with Crippen LogP contribution < -0.4 is 24.8 Å². The van der Waals surface area contributed by atoms with Crippen LogP contribution in [-0.4, -0.2) is 54.9 Å². The van der Waals surface area contributed by atoms with Gasteiger partial charge in [0.1, 0.15) is 18.0 Å². The van der Waals surface area contributed by atoms with Crippen LogP contribution >= 0.6 is 0 Å². The zero-order chi connectivity index (χ0) is 20.6. The number of carbonyl (C=O) groups is 1. The molecule has 1 aromatic carbocycles. The van der Waals surface area contributed by atoms with Crippen molar-refractivity contribution in [3.8, 4) is 23.1 Å². The molecule has 0 radical (unpaired) electrons. The topological polar surface area (TPSA) is 99.5 Å². The summed E-state index contributed by atoms with van der Waals surface area (Å²) in [6.45, 7) is 0.899. The van der Waals surface area contributed by atoms with Crippen LogP contribution in [-0.2, 0) is 0 Å². The van der Waals surface area contributed by atoms with E-state index in [0.717, 1.165) is 5.82 Å². The minimum Gasteiger partial charge on any atom is -0.493 e. The number of rotatable bonds is 9. The molecule has 3 rings (SSSR count). The van der Waals surface area contributed by atoms with Crippen LogP contribution in [0.3, 0.4) is 0 Å². The molecular weight excluding hydrogens is 374 g/mol. The highest BCUT2D eigenvalue weighted by atomic mass is 16.5. The van der Waals surface area contributed by atoms with Crippen molar-refractivity contribution in [3.63, 3.8) is 0 Å². The second-order valence-corrected chi connectivity index (χ2v) is 5.95.